The van der Waals surface area contributed by atoms with Crippen molar-refractivity contribution < 1.29 is 40.7 Å². The van der Waals surface area contributed by atoms with Crippen molar-refractivity contribution in [2.75, 3.05) is 12.3 Å². The third-order valence-corrected chi connectivity index (χ3v) is 13.6. The Morgan fingerprint density at radius 1 is 0.415 bits per heavy atom. The van der Waals surface area contributed by atoms with Gasteiger partial charge < -0.3 is 0 Å². The van der Waals surface area contributed by atoms with Gasteiger partial charge in [0.1, 0.15) is 0 Å². The zero-order valence-corrected chi connectivity index (χ0v) is 34.5. The average Bonchev–Trinajstić information content (AvgIpc) is 3.21. The number of hydrogen-bond donors (Lipinski definition) is 0. The van der Waals surface area contributed by atoms with Gasteiger partial charge in [0.15, 0.2) is 0 Å². The number of rotatable bonds is 18. The first kappa shape index (κ1) is 44.7. The molecule has 0 aromatic heterocycles. The van der Waals surface area contributed by atoms with Crippen LogP contribution < -0.4 is 21.2 Å². The molecule has 0 saturated carbocycles. The van der Waals surface area contributed by atoms with E-state index in [4.69, 9.17) is 0 Å². The molecule has 0 spiro atoms. The third kappa shape index (κ3) is 16.3. The van der Waals surface area contributed by atoms with E-state index in [1.807, 2.05) is 0 Å². The van der Waals surface area contributed by atoms with Crippen LogP contribution in [0.25, 0.3) is 0 Å². The van der Waals surface area contributed by atoms with E-state index in [1.165, 1.54) is 97.8 Å². The molecule has 0 fully saturated rings. The first-order valence-corrected chi connectivity index (χ1v) is 23.8. The summed E-state index contributed by atoms with van der Waals surface area (Å²) in [6, 6.07) is 45.6. The van der Waals surface area contributed by atoms with Crippen molar-refractivity contribution in [1.82, 2.24) is 0 Å². The minimum atomic E-state index is -2.17. The van der Waals surface area contributed by atoms with Gasteiger partial charge in [-0.25, -0.2) is 13.2 Å². The molecule has 0 unspecified atom stereocenters. The Balaban J connectivity index is 0.000000494. The molecule has 0 aliphatic carbocycles. The second kappa shape index (κ2) is 27.0. The second-order valence-corrected chi connectivity index (χ2v) is 16.9. The SMILES string of the molecule is C(=C\CCCCCCP(c1ccccc1)c1ccccc1)/CCCCCCP(c1ccccc1)c1ccccc1.Fc1[c-]c(F)c(F)c(F)c1F.[Cl][Pt+]. The Kier molecular flexibility index (Phi) is 22.8. The zero-order chi connectivity index (χ0) is 38.1. The van der Waals surface area contributed by atoms with Crippen molar-refractivity contribution in [3.8, 4) is 0 Å². The van der Waals surface area contributed by atoms with Crippen LogP contribution in [0.3, 0.4) is 0 Å². The van der Waals surface area contributed by atoms with E-state index < -0.39 is 29.1 Å². The van der Waals surface area contributed by atoms with Crippen LogP contribution in [0, 0.1) is 35.2 Å². The van der Waals surface area contributed by atoms with Gasteiger partial charge in [0, 0.05) is 0 Å². The van der Waals surface area contributed by atoms with Gasteiger partial charge in [-0.05, 0) is 87.9 Å². The molecule has 0 bridgehead atoms. The molecule has 53 heavy (non-hydrogen) atoms. The first-order chi connectivity index (χ1) is 26.0. The molecule has 5 rings (SSSR count). The van der Waals surface area contributed by atoms with Crippen molar-refractivity contribution >= 4 is 46.5 Å². The van der Waals surface area contributed by atoms with Crippen LogP contribution in [-0.4, -0.2) is 12.3 Å². The predicted molar refractivity (Wildman–Crippen MR) is 214 cm³/mol. The summed E-state index contributed by atoms with van der Waals surface area (Å²) in [6.07, 6.45) is 20.7. The van der Waals surface area contributed by atoms with Crippen LogP contribution in [0.5, 0.6) is 0 Å². The van der Waals surface area contributed by atoms with Crippen molar-refractivity contribution in [1.29, 1.82) is 0 Å². The van der Waals surface area contributed by atoms with Gasteiger partial charge in [-0.1, -0.05) is 159 Å². The van der Waals surface area contributed by atoms with E-state index in [0.29, 0.717) is 0 Å². The Bertz CT molecular complexity index is 1510. The molecule has 5 aromatic rings. The first-order valence-electron chi connectivity index (χ1n) is 17.9. The molecule has 0 radical (unpaired) electrons. The fraction of sp³-hybridized carbons (Fsp3) is 0.273. The van der Waals surface area contributed by atoms with E-state index in [-0.39, 0.29) is 15.8 Å². The van der Waals surface area contributed by atoms with E-state index in [2.05, 4.69) is 143 Å². The monoisotopic (exact) mass is 961 g/mol. The van der Waals surface area contributed by atoms with E-state index >= 15 is 0 Å². The van der Waals surface area contributed by atoms with E-state index in [1.54, 1.807) is 18.8 Å². The standard InChI is InChI=1S/C38H46P2.C6F5.ClH.Pt/c1(3-5-7-9-23-33-39(35-25-15-11-16-26-35)36-27-17-12-18-28-36)2-4-6-8-10-24-34-40(37-29-19-13-20-30-37)38-31-21-14-22-32-38;7-2-1-3(8)5(10)6(11)4(2)9;;/h1-2,11-22,25-32H,3-10,23-24,33-34H2;;1H;/q;-1;;+2/p-1/b2-1+;;;. The Morgan fingerprint density at radius 3 is 1.00 bits per heavy atom. The molecule has 0 N–H and O–H groups in total. The second-order valence-electron chi connectivity index (χ2n) is 12.2. The van der Waals surface area contributed by atoms with Crippen LogP contribution in [0.4, 0.5) is 22.0 Å². The molecule has 0 amide bonds. The summed E-state index contributed by atoms with van der Waals surface area (Å²) < 4.78 is 59.9. The molecule has 0 aliphatic heterocycles. The van der Waals surface area contributed by atoms with Crippen LogP contribution in [-0.2, 0) is 18.8 Å². The Morgan fingerprint density at radius 2 is 0.698 bits per heavy atom. The van der Waals surface area contributed by atoms with Gasteiger partial charge in [-0.3, -0.25) is 8.78 Å². The van der Waals surface area contributed by atoms with E-state index in [9.17, 15) is 22.0 Å². The fourth-order valence-corrected chi connectivity index (χ4v) is 10.6. The van der Waals surface area contributed by atoms with Crippen LogP contribution in [0.2, 0.25) is 0 Å². The minimum absolute atomic E-state index is 0.231. The van der Waals surface area contributed by atoms with Gasteiger partial charge in [-0.15, -0.1) is 6.07 Å². The maximum absolute atomic E-state index is 12.0. The topological polar surface area (TPSA) is 0 Å². The van der Waals surface area contributed by atoms with Gasteiger partial charge in [-0.2, -0.15) is 0 Å². The van der Waals surface area contributed by atoms with Crippen molar-refractivity contribution in [2.24, 2.45) is 0 Å². The molecule has 0 aliphatic rings. The van der Waals surface area contributed by atoms with Crippen molar-refractivity contribution in [3.63, 3.8) is 0 Å². The Hall–Kier alpha value is -2.67. The van der Waals surface area contributed by atoms with Crippen LogP contribution in [0.15, 0.2) is 133 Å². The molecule has 5 aromatic carbocycles. The number of allylic oxidation sites excluding steroid dienone is 2. The molecule has 9 heteroatoms. The fourth-order valence-electron chi connectivity index (χ4n) is 5.75. The molecule has 0 atom stereocenters. The maximum atomic E-state index is 12.0. The summed E-state index contributed by atoms with van der Waals surface area (Å²) in [4.78, 5) is 0. The predicted octanol–water partition coefficient (Wildman–Crippen LogP) is 12.6. The van der Waals surface area contributed by atoms with Gasteiger partial charge in [0.2, 0.25) is 0 Å². The number of unbranched alkanes of at least 4 members (excludes halogenated alkanes) is 8. The van der Waals surface area contributed by atoms with Gasteiger partial charge in [0.05, 0.1) is 29.1 Å². The Labute approximate surface area is 330 Å². The molecule has 284 valence electrons. The quantitative estimate of drug-likeness (QED) is 0.0156. The summed E-state index contributed by atoms with van der Waals surface area (Å²) in [5.74, 6) is -10.0. The van der Waals surface area contributed by atoms with Gasteiger partial charge >= 0.3 is 28.2 Å². The summed E-state index contributed by atoms with van der Waals surface area (Å²) in [6.45, 7) is 0. The van der Waals surface area contributed by atoms with E-state index in [0.717, 1.165) is 6.07 Å². The summed E-state index contributed by atoms with van der Waals surface area (Å²) in [5, 5.41) is 6.05. The summed E-state index contributed by atoms with van der Waals surface area (Å²) >= 11 is 1.61. The molecule has 0 saturated heterocycles. The zero-order valence-electron chi connectivity index (χ0n) is 29.7. The van der Waals surface area contributed by atoms with Crippen molar-refractivity contribution in [2.45, 2.75) is 64.2 Å². The summed E-state index contributed by atoms with van der Waals surface area (Å²) in [7, 11) is 4.15. The van der Waals surface area contributed by atoms with Gasteiger partial charge in [0.25, 0.3) is 0 Å². The van der Waals surface area contributed by atoms with Crippen LogP contribution in [0.1, 0.15) is 64.2 Å². The number of hydrogen-bond acceptors (Lipinski definition) is 0. The average molecular weight is 962 g/mol. The number of benzene rings is 5. The van der Waals surface area contributed by atoms with Crippen LogP contribution >= 0.6 is 25.3 Å². The summed E-state index contributed by atoms with van der Waals surface area (Å²) in [5.41, 5.74) is 0. The normalized spacial score (nSPS) is 11.0. The third-order valence-electron chi connectivity index (χ3n) is 8.43. The molecule has 0 heterocycles. The van der Waals surface area contributed by atoms with Crippen molar-refractivity contribution in [3.05, 3.63) is 169 Å². The molecule has 0 nitrogen and oxygen atoms in total. The molecular formula is C44H46ClF5P2Pt. The molecular weight excluding hydrogens is 916 g/mol. The number of halogens is 6.